The highest BCUT2D eigenvalue weighted by molar-refractivity contribution is 5.94. The molecule has 1 saturated carbocycles. The maximum atomic E-state index is 13.4. The molecule has 6 nitrogen and oxygen atoms in total. The summed E-state index contributed by atoms with van der Waals surface area (Å²) in [5.41, 5.74) is 3.15. The summed E-state index contributed by atoms with van der Waals surface area (Å²) < 4.78 is 20.4. The molecule has 2 aliphatic rings. The number of ether oxygens (including phenoxy) is 1. The van der Waals surface area contributed by atoms with Crippen molar-refractivity contribution in [3.8, 4) is 5.69 Å². The van der Waals surface area contributed by atoms with E-state index >= 15 is 0 Å². The van der Waals surface area contributed by atoms with Gasteiger partial charge in [-0.25, -0.2) is 9.07 Å². The van der Waals surface area contributed by atoms with Crippen LogP contribution in [0.1, 0.15) is 67.2 Å². The number of carbonyl (C=O) groups excluding carboxylic acids is 2. The molecule has 1 heterocycles. The van der Waals surface area contributed by atoms with Gasteiger partial charge in [-0.15, -0.1) is 0 Å². The standard InChI is InChI=1S/C23H28FN3O3/c1-2-30-23(29)17-7-3-5-9-19(17)25-22(28)21-18-8-4-6-10-20(18)27(26-21)16-13-11-15(24)12-14-16/h11-14,17,19H,2-10H2,1H3,(H,25,28)/t17?,19-/m1/s1. The fourth-order valence-electron chi connectivity index (χ4n) is 4.65. The maximum absolute atomic E-state index is 13.4. The normalized spacial score (nSPS) is 21.0. The number of nitrogens with one attached hydrogen (secondary N) is 1. The molecule has 1 amide bonds. The van der Waals surface area contributed by atoms with Crippen molar-refractivity contribution in [3.05, 3.63) is 47.0 Å². The molecular weight excluding hydrogens is 385 g/mol. The number of carbonyl (C=O) groups is 2. The van der Waals surface area contributed by atoms with Gasteiger partial charge in [-0.3, -0.25) is 9.59 Å². The van der Waals surface area contributed by atoms with Gasteiger partial charge in [-0.1, -0.05) is 12.8 Å². The summed E-state index contributed by atoms with van der Waals surface area (Å²) in [4.78, 5) is 25.6. The molecule has 160 valence electrons. The lowest BCUT2D eigenvalue weighted by molar-refractivity contribution is -0.150. The molecule has 2 aromatic rings. The Labute approximate surface area is 175 Å². The van der Waals surface area contributed by atoms with E-state index in [1.54, 1.807) is 23.7 Å². The number of hydrogen-bond donors (Lipinski definition) is 1. The minimum absolute atomic E-state index is 0.235. The zero-order chi connectivity index (χ0) is 21.1. The Kier molecular flexibility index (Phi) is 6.16. The van der Waals surface area contributed by atoms with Crippen LogP contribution < -0.4 is 5.32 Å². The van der Waals surface area contributed by atoms with Crippen molar-refractivity contribution >= 4 is 11.9 Å². The first-order valence-electron chi connectivity index (χ1n) is 10.9. The largest absolute Gasteiger partial charge is 0.466 e. The lowest BCUT2D eigenvalue weighted by Crippen LogP contribution is -2.46. The smallest absolute Gasteiger partial charge is 0.311 e. The highest BCUT2D eigenvalue weighted by Gasteiger charge is 2.35. The number of rotatable bonds is 5. The first kappa shape index (κ1) is 20.6. The molecule has 1 aromatic heterocycles. The lowest BCUT2D eigenvalue weighted by atomic mass is 9.84. The van der Waals surface area contributed by atoms with E-state index in [9.17, 15) is 14.0 Å². The van der Waals surface area contributed by atoms with Crippen LogP contribution in [0.2, 0.25) is 0 Å². The van der Waals surface area contributed by atoms with Crippen molar-refractivity contribution in [2.45, 2.75) is 64.3 Å². The topological polar surface area (TPSA) is 73.2 Å². The monoisotopic (exact) mass is 413 g/mol. The van der Waals surface area contributed by atoms with Crippen molar-refractivity contribution in [2.24, 2.45) is 5.92 Å². The summed E-state index contributed by atoms with van der Waals surface area (Å²) >= 11 is 0. The number of fused-ring (bicyclic) bond motifs is 1. The average Bonchev–Trinajstić information content (AvgIpc) is 3.15. The zero-order valence-electron chi connectivity index (χ0n) is 17.3. The highest BCUT2D eigenvalue weighted by atomic mass is 19.1. The molecule has 30 heavy (non-hydrogen) atoms. The van der Waals surface area contributed by atoms with Crippen molar-refractivity contribution < 1.29 is 18.7 Å². The first-order chi connectivity index (χ1) is 14.6. The van der Waals surface area contributed by atoms with Crippen molar-refractivity contribution in [1.82, 2.24) is 15.1 Å². The van der Waals surface area contributed by atoms with Crippen LogP contribution in [0.5, 0.6) is 0 Å². The summed E-state index contributed by atoms with van der Waals surface area (Å²) in [7, 11) is 0. The Hall–Kier alpha value is -2.70. The Bertz CT molecular complexity index is 923. The SMILES string of the molecule is CCOC(=O)C1CCCC[C@H]1NC(=O)c1nn(-c2ccc(F)cc2)c2c1CCCC2. The van der Waals surface area contributed by atoms with Gasteiger partial charge in [-0.05, 0) is 69.7 Å². The fraction of sp³-hybridized carbons (Fsp3) is 0.522. The van der Waals surface area contributed by atoms with E-state index < -0.39 is 0 Å². The predicted molar refractivity (Wildman–Crippen MR) is 110 cm³/mol. The van der Waals surface area contributed by atoms with Gasteiger partial charge >= 0.3 is 5.97 Å². The molecule has 2 atom stereocenters. The summed E-state index contributed by atoms with van der Waals surface area (Å²) in [5, 5.41) is 7.70. The van der Waals surface area contributed by atoms with E-state index in [2.05, 4.69) is 10.4 Å². The second kappa shape index (κ2) is 8.98. The number of nitrogens with zero attached hydrogens (tertiary/aromatic N) is 2. The van der Waals surface area contributed by atoms with Crippen LogP contribution >= 0.6 is 0 Å². The predicted octanol–water partition coefficient (Wildman–Crippen LogP) is 3.74. The van der Waals surface area contributed by atoms with Gasteiger partial charge < -0.3 is 10.1 Å². The molecule has 0 radical (unpaired) electrons. The molecule has 1 unspecified atom stereocenters. The molecule has 0 spiro atoms. The van der Waals surface area contributed by atoms with Gasteiger partial charge in [0.25, 0.3) is 5.91 Å². The van der Waals surface area contributed by atoms with Crippen molar-refractivity contribution in [3.63, 3.8) is 0 Å². The van der Waals surface area contributed by atoms with Crippen LogP contribution in [0.3, 0.4) is 0 Å². The maximum Gasteiger partial charge on any atom is 0.311 e. The van der Waals surface area contributed by atoms with Crippen LogP contribution in [0, 0.1) is 11.7 Å². The fourth-order valence-corrected chi connectivity index (χ4v) is 4.65. The molecule has 7 heteroatoms. The highest BCUT2D eigenvalue weighted by Crippen LogP contribution is 2.29. The number of halogens is 1. The van der Waals surface area contributed by atoms with E-state index in [0.29, 0.717) is 12.3 Å². The van der Waals surface area contributed by atoms with Crippen molar-refractivity contribution in [1.29, 1.82) is 0 Å². The first-order valence-corrected chi connectivity index (χ1v) is 10.9. The van der Waals surface area contributed by atoms with E-state index in [1.807, 2.05) is 0 Å². The number of aromatic nitrogens is 2. The quantitative estimate of drug-likeness (QED) is 0.758. The minimum atomic E-state index is -0.308. The number of benzene rings is 1. The van der Waals surface area contributed by atoms with Gasteiger partial charge in [0.05, 0.1) is 18.2 Å². The molecule has 4 rings (SSSR count). The number of esters is 1. The molecule has 0 saturated heterocycles. The van der Waals surface area contributed by atoms with Gasteiger partial charge in [0, 0.05) is 17.3 Å². The van der Waals surface area contributed by atoms with Crippen LogP contribution in [0.25, 0.3) is 5.69 Å². The van der Waals surface area contributed by atoms with Gasteiger partial charge in [0.1, 0.15) is 5.82 Å². The van der Waals surface area contributed by atoms with E-state index in [-0.39, 0.29) is 29.7 Å². The van der Waals surface area contributed by atoms with Gasteiger partial charge in [-0.2, -0.15) is 5.10 Å². The lowest BCUT2D eigenvalue weighted by Gasteiger charge is -2.30. The van der Waals surface area contributed by atoms with Gasteiger partial charge in [0.15, 0.2) is 5.69 Å². The van der Waals surface area contributed by atoms with Crippen LogP contribution in [-0.4, -0.2) is 34.3 Å². The Morgan fingerprint density at radius 3 is 2.63 bits per heavy atom. The third-order valence-corrected chi connectivity index (χ3v) is 6.14. The van der Waals surface area contributed by atoms with Crippen LogP contribution in [0.15, 0.2) is 24.3 Å². The van der Waals surface area contributed by atoms with Crippen LogP contribution in [-0.2, 0) is 22.4 Å². The molecule has 1 N–H and O–H groups in total. The molecule has 2 aliphatic carbocycles. The number of amides is 1. The molecular formula is C23H28FN3O3. The third kappa shape index (κ3) is 4.11. The number of hydrogen-bond acceptors (Lipinski definition) is 4. The zero-order valence-corrected chi connectivity index (χ0v) is 17.3. The van der Waals surface area contributed by atoms with E-state index in [4.69, 9.17) is 4.74 Å². The van der Waals surface area contributed by atoms with E-state index in [1.165, 1.54) is 12.1 Å². The molecule has 0 bridgehead atoms. The summed E-state index contributed by atoms with van der Waals surface area (Å²) in [6, 6.07) is 5.92. The molecule has 1 aromatic carbocycles. The Morgan fingerprint density at radius 1 is 1.13 bits per heavy atom. The average molecular weight is 413 g/mol. The Morgan fingerprint density at radius 2 is 1.87 bits per heavy atom. The van der Waals surface area contributed by atoms with E-state index in [0.717, 1.165) is 68.3 Å². The van der Waals surface area contributed by atoms with Gasteiger partial charge in [0.2, 0.25) is 0 Å². The second-order valence-electron chi connectivity index (χ2n) is 8.09. The van der Waals surface area contributed by atoms with Crippen LogP contribution in [0.4, 0.5) is 4.39 Å². The molecule has 1 fully saturated rings. The molecule has 0 aliphatic heterocycles. The summed E-state index contributed by atoms with van der Waals surface area (Å²) in [5.74, 6) is -1.09. The third-order valence-electron chi connectivity index (χ3n) is 6.14. The van der Waals surface area contributed by atoms with Crippen molar-refractivity contribution in [2.75, 3.05) is 6.61 Å². The summed E-state index contributed by atoms with van der Waals surface area (Å²) in [6.45, 7) is 2.13. The minimum Gasteiger partial charge on any atom is -0.466 e. The summed E-state index contributed by atoms with van der Waals surface area (Å²) in [6.07, 6.45) is 7.11. The Balaban J connectivity index is 1.61. The second-order valence-corrected chi connectivity index (χ2v) is 8.09.